The van der Waals surface area contributed by atoms with Gasteiger partial charge in [-0.3, -0.25) is 10.1 Å². The Labute approximate surface area is 115 Å². The Morgan fingerprint density at radius 2 is 2.16 bits per heavy atom. The highest BCUT2D eigenvalue weighted by molar-refractivity contribution is 6.31. The van der Waals surface area contributed by atoms with Gasteiger partial charge in [-0.15, -0.1) is 0 Å². The summed E-state index contributed by atoms with van der Waals surface area (Å²) >= 11 is 5.78. The molecule has 0 saturated carbocycles. The zero-order valence-corrected chi connectivity index (χ0v) is 11.3. The highest BCUT2D eigenvalue weighted by Gasteiger charge is 2.23. The van der Waals surface area contributed by atoms with Crippen LogP contribution in [0.15, 0.2) is 18.2 Å². The molecule has 0 saturated heterocycles. The van der Waals surface area contributed by atoms with Gasteiger partial charge in [0.2, 0.25) is 0 Å². The topological polar surface area (TPSA) is 92.5 Å². The number of hydrogen-bond donors (Lipinski definition) is 2. The Balaban J connectivity index is 3.04. The molecule has 0 spiro atoms. The Kier molecular flexibility index (Phi) is 5.11. The van der Waals surface area contributed by atoms with Crippen molar-refractivity contribution in [3.8, 4) is 0 Å². The van der Waals surface area contributed by atoms with Crippen LogP contribution in [0.2, 0.25) is 5.02 Å². The van der Waals surface area contributed by atoms with Gasteiger partial charge in [-0.1, -0.05) is 25.4 Å². The minimum absolute atomic E-state index is 0.116. The fourth-order valence-electron chi connectivity index (χ4n) is 1.66. The van der Waals surface area contributed by atoms with Gasteiger partial charge in [0.15, 0.2) is 0 Å². The van der Waals surface area contributed by atoms with Crippen molar-refractivity contribution in [3.63, 3.8) is 0 Å². The van der Waals surface area contributed by atoms with Crippen LogP contribution in [0.4, 0.5) is 11.4 Å². The van der Waals surface area contributed by atoms with Crippen LogP contribution < -0.4 is 5.32 Å². The lowest BCUT2D eigenvalue weighted by Crippen LogP contribution is -2.31. The van der Waals surface area contributed by atoms with E-state index in [1.54, 1.807) is 0 Å². The molecule has 1 atom stereocenters. The first-order valence-corrected chi connectivity index (χ1v) is 6.12. The van der Waals surface area contributed by atoms with E-state index in [1.807, 2.05) is 13.8 Å². The van der Waals surface area contributed by atoms with Crippen molar-refractivity contribution in [3.05, 3.63) is 33.3 Å². The molecule has 0 heterocycles. The van der Waals surface area contributed by atoms with Gasteiger partial charge < -0.3 is 10.4 Å². The van der Waals surface area contributed by atoms with Crippen LogP contribution in [-0.4, -0.2) is 22.0 Å². The van der Waals surface area contributed by atoms with Crippen molar-refractivity contribution in [1.82, 2.24) is 0 Å². The van der Waals surface area contributed by atoms with Gasteiger partial charge in [-0.05, 0) is 24.5 Å². The summed E-state index contributed by atoms with van der Waals surface area (Å²) in [5.41, 5.74) is -0.0787. The summed E-state index contributed by atoms with van der Waals surface area (Å²) in [5.74, 6) is -0.908. The molecule has 1 unspecified atom stereocenters. The van der Waals surface area contributed by atoms with E-state index in [9.17, 15) is 14.9 Å². The third-order valence-electron chi connectivity index (χ3n) is 2.49. The van der Waals surface area contributed by atoms with Crippen LogP contribution in [0.3, 0.4) is 0 Å². The summed E-state index contributed by atoms with van der Waals surface area (Å²) in [6.45, 7) is 3.76. The minimum atomic E-state index is -1.05. The lowest BCUT2D eigenvalue weighted by atomic mass is 10.0. The SMILES string of the molecule is CC(C)CC(Nc1cc(Cl)ccc1[N+](=O)[O-])C(=O)O. The molecule has 19 heavy (non-hydrogen) atoms. The van der Waals surface area contributed by atoms with Crippen LogP contribution in [0.1, 0.15) is 20.3 Å². The largest absolute Gasteiger partial charge is 0.480 e. The van der Waals surface area contributed by atoms with Crippen molar-refractivity contribution in [2.75, 3.05) is 5.32 Å². The summed E-state index contributed by atoms with van der Waals surface area (Å²) in [6.07, 6.45) is 0.360. The predicted molar refractivity (Wildman–Crippen MR) is 72.6 cm³/mol. The average Bonchev–Trinajstić information content (AvgIpc) is 2.26. The molecule has 0 amide bonds. The molecule has 1 aromatic carbocycles. The smallest absolute Gasteiger partial charge is 0.326 e. The van der Waals surface area contributed by atoms with Gasteiger partial charge in [0.25, 0.3) is 5.69 Å². The highest BCUT2D eigenvalue weighted by atomic mass is 35.5. The van der Waals surface area contributed by atoms with E-state index in [4.69, 9.17) is 16.7 Å². The third-order valence-corrected chi connectivity index (χ3v) is 2.73. The van der Waals surface area contributed by atoms with Crippen molar-refractivity contribution >= 4 is 28.9 Å². The van der Waals surface area contributed by atoms with E-state index in [-0.39, 0.29) is 17.3 Å². The average molecular weight is 287 g/mol. The molecule has 7 heteroatoms. The Morgan fingerprint density at radius 1 is 1.53 bits per heavy atom. The number of carbonyl (C=O) groups is 1. The number of carboxylic acid groups (broad SMARTS) is 1. The molecule has 0 bridgehead atoms. The summed E-state index contributed by atoms with van der Waals surface area (Å²) < 4.78 is 0. The van der Waals surface area contributed by atoms with E-state index < -0.39 is 16.9 Å². The number of benzene rings is 1. The van der Waals surface area contributed by atoms with Crippen molar-refractivity contribution in [1.29, 1.82) is 0 Å². The van der Waals surface area contributed by atoms with Crippen LogP contribution in [0.5, 0.6) is 0 Å². The maximum Gasteiger partial charge on any atom is 0.326 e. The monoisotopic (exact) mass is 286 g/mol. The first kappa shape index (κ1) is 15.2. The molecule has 0 fully saturated rings. The van der Waals surface area contributed by atoms with E-state index in [1.165, 1.54) is 18.2 Å². The number of nitrogens with zero attached hydrogens (tertiary/aromatic N) is 1. The second-order valence-corrected chi connectivity index (χ2v) is 5.02. The number of nitro benzene ring substituents is 1. The number of nitro groups is 1. The van der Waals surface area contributed by atoms with Gasteiger partial charge in [0.05, 0.1) is 4.92 Å². The molecule has 2 N–H and O–H groups in total. The maximum atomic E-state index is 11.1. The zero-order chi connectivity index (χ0) is 14.6. The van der Waals surface area contributed by atoms with Gasteiger partial charge >= 0.3 is 5.97 Å². The second kappa shape index (κ2) is 6.38. The molecule has 1 rings (SSSR count). The number of halogens is 1. The first-order chi connectivity index (χ1) is 8.81. The molecule has 0 aromatic heterocycles. The van der Waals surface area contributed by atoms with Crippen LogP contribution in [-0.2, 0) is 4.79 Å². The fourth-order valence-corrected chi connectivity index (χ4v) is 1.84. The number of hydrogen-bond acceptors (Lipinski definition) is 4. The number of carboxylic acids is 1. The van der Waals surface area contributed by atoms with E-state index >= 15 is 0 Å². The normalized spacial score (nSPS) is 12.2. The Hall–Kier alpha value is -1.82. The molecule has 0 aliphatic rings. The van der Waals surface area contributed by atoms with E-state index in [0.29, 0.717) is 11.4 Å². The van der Waals surface area contributed by atoms with Gasteiger partial charge in [0, 0.05) is 11.1 Å². The Bertz CT molecular complexity index is 491. The summed E-state index contributed by atoms with van der Waals surface area (Å²) in [6, 6.07) is 3.11. The van der Waals surface area contributed by atoms with E-state index in [2.05, 4.69) is 5.32 Å². The van der Waals surface area contributed by atoms with Crippen molar-refractivity contribution < 1.29 is 14.8 Å². The second-order valence-electron chi connectivity index (χ2n) is 4.58. The molecule has 0 aliphatic carbocycles. The lowest BCUT2D eigenvalue weighted by molar-refractivity contribution is -0.384. The molecule has 104 valence electrons. The molecular formula is C12H15ClN2O4. The summed E-state index contributed by atoms with van der Waals surface area (Å²) in [4.78, 5) is 21.4. The quantitative estimate of drug-likeness (QED) is 0.619. The fraction of sp³-hybridized carbons (Fsp3) is 0.417. The van der Waals surface area contributed by atoms with Gasteiger partial charge in [-0.2, -0.15) is 0 Å². The zero-order valence-electron chi connectivity index (χ0n) is 10.6. The lowest BCUT2D eigenvalue weighted by Gasteiger charge is -2.17. The molecule has 1 aromatic rings. The Morgan fingerprint density at radius 3 is 2.63 bits per heavy atom. The summed E-state index contributed by atoms with van der Waals surface area (Å²) in [5, 5.41) is 23.0. The van der Waals surface area contributed by atoms with Crippen molar-refractivity contribution in [2.24, 2.45) is 5.92 Å². The maximum absolute atomic E-state index is 11.1. The van der Waals surface area contributed by atoms with Crippen LogP contribution >= 0.6 is 11.6 Å². The van der Waals surface area contributed by atoms with Crippen LogP contribution in [0.25, 0.3) is 0 Å². The van der Waals surface area contributed by atoms with Gasteiger partial charge in [-0.25, -0.2) is 4.79 Å². The molecule has 0 aliphatic heterocycles. The number of nitrogens with one attached hydrogen (secondary N) is 1. The molecule has 6 nitrogen and oxygen atoms in total. The highest BCUT2D eigenvalue weighted by Crippen LogP contribution is 2.29. The minimum Gasteiger partial charge on any atom is -0.480 e. The summed E-state index contributed by atoms with van der Waals surface area (Å²) in [7, 11) is 0. The van der Waals surface area contributed by atoms with E-state index in [0.717, 1.165) is 0 Å². The first-order valence-electron chi connectivity index (χ1n) is 5.74. The number of rotatable bonds is 6. The predicted octanol–water partition coefficient (Wildman–Crippen LogP) is 3.16. The number of aliphatic carboxylic acids is 1. The third kappa shape index (κ3) is 4.40. The molecular weight excluding hydrogens is 272 g/mol. The number of anilines is 1. The van der Waals surface area contributed by atoms with Gasteiger partial charge in [0.1, 0.15) is 11.7 Å². The van der Waals surface area contributed by atoms with Crippen molar-refractivity contribution in [2.45, 2.75) is 26.3 Å². The standard InChI is InChI=1S/C12H15ClN2O4/c1-7(2)5-10(12(16)17)14-9-6-8(13)3-4-11(9)15(18)19/h3-4,6-7,10,14H,5H2,1-2H3,(H,16,17). The molecule has 0 radical (unpaired) electrons. The van der Waals surface area contributed by atoms with Crippen LogP contribution in [0, 0.1) is 16.0 Å².